The van der Waals surface area contributed by atoms with E-state index in [-0.39, 0.29) is 23.3 Å². The van der Waals surface area contributed by atoms with Gasteiger partial charge in [-0.2, -0.15) is 0 Å². The second-order valence-corrected chi connectivity index (χ2v) is 10.7. The predicted octanol–water partition coefficient (Wildman–Crippen LogP) is 3.13. The lowest BCUT2D eigenvalue weighted by Crippen LogP contribution is -2.61. The molecule has 3 rings (SSSR count). The largest absolute Gasteiger partial charge is 0.336 e. The van der Waals surface area contributed by atoms with Gasteiger partial charge in [0.15, 0.2) is 0 Å². The Balaban J connectivity index is 1.87. The van der Waals surface area contributed by atoms with Gasteiger partial charge in [0.25, 0.3) is 5.56 Å². The van der Waals surface area contributed by atoms with Crippen molar-refractivity contribution in [1.82, 2.24) is 14.8 Å². The molecule has 1 N–H and O–H groups in total. The SMILES string of the molecule is CC(C)(C)C(=O)N[C@H](N1C[C@H]2C[C@H](C1)c1cccc(=O)n1C2)C(Cl)(Cl)Cl. The molecule has 1 saturated heterocycles. The van der Waals surface area contributed by atoms with Gasteiger partial charge < -0.3 is 9.88 Å². The monoisotopic (exact) mass is 419 g/mol. The summed E-state index contributed by atoms with van der Waals surface area (Å²) in [4.78, 5) is 26.7. The van der Waals surface area contributed by atoms with E-state index >= 15 is 0 Å². The number of aromatic nitrogens is 1. The van der Waals surface area contributed by atoms with Gasteiger partial charge in [-0.25, -0.2) is 0 Å². The summed E-state index contributed by atoms with van der Waals surface area (Å²) in [6, 6.07) is 5.38. The Morgan fingerprint density at radius 2 is 1.88 bits per heavy atom. The Hall–Kier alpha value is -0.750. The highest BCUT2D eigenvalue weighted by molar-refractivity contribution is 6.68. The summed E-state index contributed by atoms with van der Waals surface area (Å²) in [7, 11) is 0. The number of carbonyl (C=O) groups excluding carboxylic acids is 1. The zero-order chi connectivity index (χ0) is 19.3. The van der Waals surface area contributed by atoms with Crippen LogP contribution in [0.5, 0.6) is 0 Å². The van der Waals surface area contributed by atoms with Gasteiger partial charge in [-0.3, -0.25) is 14.5 Å². The minimum absolute atomic E-state index is 0.0320. The smallest absolute Gasteiger partial charge is 0.250 e. The number of piperidine rings is 1. The van der Waals surface area contributed by atoms with E-state index in [4.69, 9.17) is 34.8 Å². The molecule has 3 atom stereocenters. The van der Waals surface area contributed by atoms with Gasteiger partial charge in [0, 0.05) is 42.7 Å². The number of fused-ring (bicyclic) bond motifs is 4. The first-order valence-corrected chi connectivity index (χ1v) is 9.91. The fourth-order valence-corrected chi connectivity index (χ4v) is 4.44. The second kappa shape index (κ2) is 7.01. The molecule has 0 unspecified atom stereocenters. The highest BCUT2D eigenvalue weighted by Crippen LogP contribution is 2.40. The third-order valence-corrected chi connectivity index (χ3v) is 5.75. The summed E-state index contributed by atoms with van der Waals surface area (Å²) >= 11 is 18.7. The molecule has 1 fully saturated rings. The lowest BCUT2D eigenvalue weighted by molar-refractivity contribution is -0.131. The quantitative estimate of drug-likeness (QED) is 0.748. The molecule has 8 heteroatoms. The molecule has 1 aromatic rings. The van der Waals surface area contributed by atoms with Crippen LogP contribution in [0.4, 0.5) is 0 Å². The molecule has 0 aromatic carbocycles. The average Bonchev–Trinajstić information content (AvgIpc) is 2.51. The maximum atomic E-state index is 12.5. The second-order valence-electron chi connectivity index (χ2n) is 8.32. The van der Waals surface area contributed by atoms with Crippen LogP contribution in [0.1, 0.15) is 38.8 Å². The highest BCUT2D eigenvalue weighted by atomic mass is 35.6. The van der Waals surface area contributed by atoms with Crippen LogP contribution in [0.2, 0.25) is 0 Å². The zero-order valence-corrected chi connectivity index (χ0v) is 17.4. The van der Waals surface area contributed by atoms with E-state index in [0.29, 0.717) is 19.6 Å². The van der Waals surface area contributed by atoms with Crippen LogP contribution in [-0.2, 0) is 11.3 Å². The van der Waals surface area contributed by atoms with Crippen molar-refractivity contribution in [2.45, 2.75) is 49.6 Å². The molecule has 0 spiro atoms. The average molecular weight is 421 g/mol. The first kappa shape index (κ1) is 20.0. The van der Waals surface area contributed by atoms with Gasteiger partial charge in [-0.15, -0.1) is 0 Å². The lowest BCUT2D eigenvalue weighted by atomic mass is 9.83. The number of hydrogen-bond acceptors (Lipinski definition) is 3. The molecule has 0 aliphatic carbocycles. The summed E-state index contributed by atoms with van der Waals surface area (Å²) in [5.74, 6) is 0.293. The standard InChI is InChI=1S/C18H24Cl3N3O2/c1-17(2,3)16(26)22-15(18(19,20)21)23-8-11-7-12(10-23)13-5-4-6-14(25)24(13)9-11/h4-6,11-12,15H,7-10H2,1-3H3,(H,22,26)/t11-,12-,15-/m1/s1. The van der Waals surface area contributed by atoms with Gasteiger partial charge in [-0.1, -0.05) is 61.6 Å². The molecule has 5 nitrogen and oxygen atoms in total. The minimum atomic E-state index is -1.65. The van der Waals surface area contributed by atoms with Crippen molar-refractivity contribution in [3.8, 4) is 0 Å². The summed E-state index contributed by atoms with van der Waals surface area (Å²) < 4.78 is 0.206. The van der Waals surface area contributed by atoms with Gasteiger partial charge in [-0.05, 0) is 18.4 Å². The van der Waals surface area contributed by atoms with E-state index in [1.807, 2.05) is 36.3 Å². The Morgan fingerprint density at radius 3 is 2.50 bits per heavy atom. The number of halogens is 3. The van der Waals surface area contributed by atoms with E-state index in [9.17, 15) is 9.59 Å². The highest BCUT2D eigenvalue weighted by Gasteiger charge is 2.45. The number of nitrogens with zero attached hydrogens (tertiary/aromatic N) is 2. The summed E-state index contributed by atoms with van der Waals surface area (Å²) in [6.07, 6.45) is 0.284. The van der Waals surface area contributed by atoms with Crippen LogP contribution >= 0.6 is 34.8 Å². The van der Waals surface area contributed by atoms with Gasteiger partial charge >= 0.3 is 0 Å². The van der Waals surface area contributed by atoms with Crippen LogP contribution in [0.15, 0.2) is 23.0 Å². The fourth-order valence-electron chi connectivity index (χ4n) is 3.87. The van der Waals surface area contributed by atoms with Crippen molar-refractivity contribution in [3.63, 3.8) is 0 Å². The minimum Gasteiger partial charge on any atom is -0.336 e. The maximum Gasteiger partial charge on any atom is 0.250 e. The van der Waals surface area contributed by atoms with Gasteiger partial charge in [0.05, 0.1) is 0 Å². The molecule has 2 aliphatic rings. The number of amides is 1. The van der Waals surface area contributed by atoms with Crippen LogP contribution < -0.4 is 10.9 Å². The van der Waals surface area contributed by atoms with Crippen molar-refractivity contribution < 1.29 is 4.79 Å². The Bertz CT molecular complexity index is 751. The summed E-state index contributed by atoms with van der Waals surface area (Å²) in [6.45, 7) is 7.42. The number of pyridine rings is 1. The molecule has 1 amide bonds. The molecule has 26 heavy (non-hydrogen) atoms. The first-order valence-electron chi connectivity index (χ1n) is 8.78. The zero-order valence-electron chi connectivity index (χ0n) is 15.1. The molecule has 3 heterocycles. The number of hydrogen-bond donors (Lipinski definition) is 1. The summed E-state index contributed by atoms with van der Waals surface area (Å²) in [5, 5.41) is 2.91. The van der Waals surface area contributed by atoms with Crippen molar-refractivity contribution in [1.29, 1.82) is 0 Å². The molecule has 1 aromatic heterocycles. The number of likely N-dealkylation sites (tertiary alicyclic amines) is 1. The third-order valence-electron chi connectivity index (χ3n) is 5.13. The molecule has 2 bridgehead atoms. The van der Waals surface area contributed by atoms with Crippen LogP contribution in [-0.4, -0.2) is 38.4 Å². The predicted molar refractivity (Wildman–Crippen MR) is 105 cm³/mol. The summed E-state index contributed by atoms with van der Waals surface area (Å²) in [5.41, 5.74) is 0.466. The van der Waals surface area contributed by atoms with Gasteiger partial charge in [0.2, 0.25) is 9.70 Å². The molecule has 0 radical (unpaired) electrons. The normalized spacial score (nSPS) is 24.7. The number of alkyl halides is 3. The number of nitrogens with one attached hydrogen (secondary N) is 1. The first-order chi connectivity index (χ1) is 12.0. The van der Waals surface area contributed by atoms with E-state index in [2.05, 4.69) is 5.32 Å². The van der Waals surface area contributed by atoms with E-state index < -0.39 is 15.4 Å². The van der Waals surface area contributed by atoms with Crippen LogP contribution in [0, 0.1) is 11.3 Å². The fraction of sp³-hybridized carbons (Fsp3) is 0.667. The third kappa shape index (κ3) is 4.06. The molecular formula is C18H24Cl3N3O2. The lowest BCUT2D eigenvalue weighted by Gasteiger charge is -2.47. The van der Waals surface area contributed by atoms with Crippen molar-refractivity contribution >= 4 is 40.7 Å². The van der Waals surface area contributed by atoms with Crippen molar-refractivity contribution in [2.24, 2.45) is 11.3 Å². The van der Waals surface area contributed by atoms with Crippen LogP contribution in [0.25, 0.3) is 0 Å². The number of carbonyl (C=O) groups is 1. The van der Waals surface area contributed by atoms with Crippen LogP contribution in [0.3, 0.4) is 0 Å². The number of rotatable bonds is 2. The van der Waals surface area contributed by atoms with Gasteiger partial charge in [0.1, 0.15) is 6.17 Å². The Kier molecular flexibility index (Phi) is 5.39. The molecule has 0 saturated carbocycles. The van der Waals surface area contributed by atoms with E-state index in [1.54, 1.807) is 12.1 Å². The van der Waals surface area contributed by atoms with Crippen molar-refractivity contribution in [3.05, 3.63) is 34.2 Å². The van der Waals surface area contributed by atoms with E-state index in [0.717, 1.165) is 12.1 Å². The molecule has 144 valence electrons. The maximum absolute atomic E-state index is 12.5. The molecular weight excluding hydrogens is 397 g/mol. The topological polar surface area (TPSA) is 54.3 Å². The van der Waals surface area contributed by atoms with Crippen molar-refractivity contribution in [2.75, 3.05) is 13.1 Å². The Labute approximate surface area is 168 Å². The van der Waals surface area contributed by atoms with E-state index in [1.165, 1.54) is 0 Å². The molecule has 2 aliphatic heterocycles. The Morgan fingerprint density at radius 1 is 1.19 bits per heavy atom.